The minimum atomic E-state index is -3.02. The van der Waals surface area contributed by atoms with E-state index in [1.54, 1.807) is 10.9 Å². The van der Waals surface area contributed by atoms with Gasteiger partial charge in [-0.2, -0.15) is 13.9 Å². The summed E-state index contributed by atoms with van der Waals surface area (Å²) in [4.78, 5) is 12.5. The highest BCUT2D eigenvalue weighted by atomic mass is 79.9. The number of hydrogen-bond donors (Lipinski definition) is 1. The van der Waals surface area contributed by atoms with Crippen molar-refractivity contribution < 1.29 is 18.3 Å². The van der Waals surface area contributed by atoms with Crippen molar-refractivity contribution in [1.29, 1.82) is 0 Å². The van der Waals surface area contributed by atoms with Gasteiger partial charge >= 0.3 is 6.61 Å². The lowest BCUT2D eigenvalue weighted by molar-refractivity contribution is -0.0501. The highest BCUT2D eigenvalue weighted by Crippen LogP contribution is 2.25. The average molecular weight is 436 g/mol. The van der Waals surface area contributed by atoms with Crippen LogP contribution in [-0.4, -0.2) is 22.3 Å². The number of aromatic nitrogens is 2. The number of rotatable bonds is 6. The largest absolute Gasteiger partial charge is 0.434 e. The first kappa shape index (κ1) is 19.0. The van der Waals surface area contributed by atoms with Gasteiger partial charge in [-0.3, -0.25) is 9.48 Å². The number of carbonyl (C=O) groups excluding carboxylic acids is 1. The third kappa shape index (κ3) is 5.13. The molecule has 8 heteroatoms. The van der Waals surface area contributed by atoms with Gasteiger partial charge in [0.05, 0.1) is 24.0 Å². The van der Waals surface area contributed by atoms with Crippen molar-refractivity contribution in [2.75, 3.05) is 5.32 Å². The molecule has 0 unspecified atom stereocenters. The highest BCUT2D eigenvalue weighted by molar-refractivity contribution is 9.10. The van der Waals surface area contributed by atoms with Crippen LogP contribution in [0.2, 0.25) is 0 Å². The van der Waals surface area contributed by atoms with Crippen LogP contribution in [0, 0.1) is 6.92 Å². The Morgan fingerprint density at radius 2 is 2.11 bits per heavy atom. The second kappa shape index (κ2) is 8.30. The Bertz CT molecular complexity index is 960. The first-order chi connectivity index (χ1) is 12.9. The van der Waals surface area contributed by atoms with Crippen LogP contribution < -0.4 is 10.1 Å². The molecule has 1 amide bonds. The maximum Gasteiger partial charge on any atom is 0.387 e. The Kier molecular flexibility index (Phi) is 5.85. The molecular formula is C19H16BrF2N3O2. The van der Waals surface area contributed by atoms with Crippen LogP contribution in [0.3, 0.4) is 0 Å². The molecule has 0 aliphatic carbocycles. The van der Waals surface area contributed by atoms with Gasteiger partial charge in [0.15, 0.2) is 0 Å². The number of anilines is 1. The lowest BCUT2D eigenvalue weighted by atomic mass is 10.1. The Labute approximate surface area is 163 Å². The minimum Gasteiger partial charge on any atom is -0.434 e. The predicted molar refractivity (Wildman–Crippen MR) is 101 cm³/mol. The van der Waals surface area contributed by atoms with Gasteiger partial charge in [-0.15, -0.1) is 0 Å². The molecule has 0 bridgehead atoms. The molecule has 0 saturated heterocycles. The minimum absolute atomic E-state index is 0.00360. The Balaban J connectivity index is 1.74. The molecule has 0 radical (unpaired) electrons. The molecule has 2 aromatic carbocycles. The maximum atomic E-state index is 12.6. The first-order valence-electron chi connectivity index (χ1n) is 8.04. The summed E-state index contributed by atoms with van der Waals surface area (Å²) in [6.45, 7) is -0.460. The maximum absolute atomic E-state index is 12.6. The third-order valence-corrected chi connectivity index (χ3v) is 4.21. The summed E-state index contributed by atoms with van der Waals surface area (Å²) < 4.78 is 31.8. The molecule has 0 spiro atoms. The zero-order valence-electron chi connectivity index (χ0n) is 14.3. The fourth-order valence-corrected chi connectivity index (χ4v) is 2.95. The van der Waals surface area contributed by atoms with Crippen molar-refractivity contribution in [3.8, 4) is 5.75 Å². The van der Waals surface area contributed by atoms with E-state index >= 15 is 0 Å². The SMILES string of the molecule is Cc1cccc(Cn2cc(NC(=O)c3cc(Br)ccc3OC(F)F)cn2)c1. The summed E-state index contributed by atoms with van der Waals surface area (Å²) >= 11 is 3.22. The van der Waals surface area contributed by atoms with Gasteiger partial charge in [0, 0.05) is 10.7 Å². The van der Waals surface area contributed by atoms with Crippen molar-refractivity contribution in [3.63, 3.8) is 0 Å². The molecule has 0 atom stereocenters. The van der Waals surface area contributed by atoms with Crippen LogP contribution in [0.5, 0.6) is 5.75 Å². The molecule has 3 aromatic rings. The zero-order valence-corrected chi connectivity index (χ0v) is 15.9. The summed E-state index contributed by atoms with van der Waals surface area (Å²) in [6, 6.07) is 12.3. The number of halogens is 3. The normalized spacial score (nSPS) is 10.9. The monoisotopic (exact) mass is 435 g/mol. The number of aryl methyl sites for hydroxylation is 1. The number of amides is 1. The fourth-order valence-electron chi connectivity index (χ4n) is 2.59. The van der Waals surface area contributed by atoms with E-state index in [1.165, 1.54) is 24.4 Å². The van der Waals surface area contributed by atoms with Crippen LogP contribution in [-0.2, 0) is 6.54 Å². The molecular weight excluding hydrogens is 420 g/mol. The van der Waals surface area contributed by atoms with E-state index in [-0.39, 0.29) is 11.3 Å². The molecule has 0 saturated carbocycles. The topological polar surface area (TPSA) is 56.2 Å². The predicted octanol–water partition coefficient (Wildman–Crippen LogP) is 4.86. The number of alkyl halides is 2. The molecule has 1 heterocycles. The summed E-state index contributed by atoms with van der Waals surface area (Å²) in [7, 11) is 0. The van der Waals surface area contributed by atoms with Crippen LogP contribution >= 0.6 is 15.9 Å². The molecule has 140 valence electrons. The van der Waals surface area contributed by atoms with Crippen LogP contribution in [0.25, 0.3) is 0 Å². The summed E-state index contributed by atoms with van der Waals surface area (Å²) in [6.07, 6.45) is 3.17. The highest BCUT2D eigenvalue weighted by Gasteiger charge is 2.17. The van der Waals surface area contributed by atoms with E-state index in [0.717, 1.165) is 11.1 Å². The summed E-state index contributed by atoms with van der Waals surface area (Å²) in [5.74, 6) is -0.764. The number of nitrogens with one attached hydrogen (secondary N) is 1. The molecule has 5 nitrogen and oxygen atoms in total. The number of ether oxygens (including phenoxy) is 1. The third-order valence-electron chi connectivity index (χ3n) is 3.72. The van der Waals surface area contributed by atoms with E-state index in [9.17, 15) is 13.6 Å². The van der Waals surface area contributed by atoms with E-state index in [0.29, 0.717) is 16.7 Å². The van der Waals surface area contributed by atoms with Crippen molar-refractivity contribution >= 4 is 27.5 Å². The van der Waals surface area contributed by atoms with Gasteiger partial charge in [-0.05, 0) is 30.7 Å². The molecule has 0 aliphatic rings. The summed E-state index contributed by atoms with van der Waals surface area (Å²) in [5, 5.41) is 6.87. The van der Waals surface area contributed by atoms with Crippen LogP contribution in [0.15, 0.2) is 59.3 Å². The van der Waals surface area contributed by atoms with Crippen molar-refractivity contribution in [2.45, 2.75) is 20.1 Å². The van der Waals surface area contributed by atoms with E-state index in [2.05, 4.69) is 37.1 Å². The quantitative estimate of drug-likeness (QED) is 0.601. The molecule has 1 aromatic heterocycles. The molecule has 3 rings (SSSR count). The number of benzene rings is 2. The summed E-state index contributed by atoms with van der Waals surface area (Å²) in [5.41, 5.74) is 2.68. The Morgan fingerprint density at radius 3 is 2.85 bits per heavy atom. The number of hydrogen-bond acceptors (Lipinski definition) is 3. The molecule has 27 heavy (non-hydrogen) atoms. The zero-order chi connectivity index (χ0) is 19.4. The van der Waals surface area contributed by atoms with Gasteiger partial charge in [0.25, 0.3) is 5.91 Å². The Hall–Kier alpha value is -2.74. The van der Waals surface area contributed by atoms with E-state index < -0.39 is 12.5 Å². The van der Waals surface area contributed by atoms with E-state index in [4.69, 9.17) is 0 Å². The van der Waals surface area contributed by atoms with Crippen molar-refractivity contribution in [1.82, 2.24) is 9.78 Å². The van der Waals surface area contributed by atoms with Crippen LogP contribution in [0.1, 0.15) is 21.5 Å². The second-order valence-corrected chi connectivity index (χ2v) is 6.80. The smallest absolute Gasteiger partial charge is 0.387 e. The van der Waals surface area contributed by atoms with Gasteiger partial charge in [-0.1, -0.05) is 45.8 Å². The lowest BCUT2D eigenvalue weighted by Gasteiger charge is -2.10. The Morgan fingerprint density at radius 1 is 1.30 bits per heavy atom. The van der Waals surface area contributed by atoms with Gasteiger partial charge in [-0.25, -0.2) is 0 Å². The van der Waals surface area contributed by atoms with E-state index in [1.807, 2.05) is 25.1 Å². The number of nitrogens with zero attached hydrogens (tertiary/aromatic N) is 2. The van der Waals surface area contributed by atoms with Crippen LogP contribution in [0.4, 0.5) is 14.5 Å². The first-order valence-corrected chi connectivity index (χ1v) is 8.84. The second-order valence-electron chi connectivity index (χ2n) is 5.89. The standard InChI is InChI=1S/C19H16BrF2N3O2/c1-12-3-2-4-13(7-12)10-25-11-15(9-23-25)24-18(26)16-8-14(20)5-6-17(16)27-19(21)22/h2-9,11,19H,10H2,1H3,(H,24,26). The van der Waals surface area contributed by atoms with Crippen molar-refractivity contribution in [3.05, 3.63) is 76.0 Å². The molecule has 0 aliphatic heterocycles. The fraction of sp³-hybridized carbons (Fsp3) is 0.158. The lowest BCUT2D eigenvalue weighted by Crippen LogP contribution is -2.15. The number of carbonyl (C=O) groups is 1. The average Bonchev–Trinajstić information content (AvgIpc) is 3.03. The molecule has 0 fully saturated rings. The van der Waals surface area contributed by atoms with Crippen molar-refractivity contribution in [2.24, 2.45) is 0 Å². The molecule has 1 N–H and O–H groups in total. The van der Waals surface area contributed by atoms with Gasteiger partial charge in [0.2, 0.25) is 0 Å². The van der Waals surface area contributed by atoms with Gasteiger partial charge < -0.3 is 10.1 Å². The van der Waals surface area contributed by atoms with Gasteiger partial charge in [0.1, 0.15) is 5.75 Å².